The maximum Gasteiger partial charge on any atom is 0.195 e. The minimum Gasteiger partial charge on any atom is -0.381 e. The van der Waals surface area contributed by atoms with Crippen LogP contribution in [0.2, 0.25) is 0 Å². The molecule has 0 spiro atoms. The molecule has 1 saturated heterocycles. The van der Waals surface area contributed by atoms with E-state index >= 15 is 0 Å². The molecule has 0 N–H and O–H groups in total. The van der Waals surface area contributed by atoms with Crippen LogP contribution in [-0.2, 0) is 9.47 Å². The quantitative estimate of drug-likeness (QED) is 0.791. The van der Waals surface area contributed by atoms with Gasteiger partial charge in [-0.05, 0) is 50.5 Å². The number of aryl methyl sites for hydroxylation is 3. The van der Waals surface area contributed by atoms with Crippen LogP contribution in [-0.4, -0.2) is 31.2 Å². The minimum absolute atomic E-state index is 0.114. The first-order valence-corrected chi connectivity index (χ1v) is 7.34. The van der Waals surface area contributed by atoms with Gasteiger partial charge in [-0.25, -0.2) is 0 Å². The van der Waals surface area contributed by atoms with Crippen LogP contribution < -0.4 is 0 Å². The van der Waals surface area contributed by atoms with E-state index in [1.807, 2.05) is 26.8 Å². The van der Waals surface area contributed by atoms with E-state index in [9.17, 15) is 4.79 Å². The smallest absolute Gasteiger partial charge is 0.195 e. The number of Topliss-reactive ketones (excluding diaryl/α,β-unsaturated/α-hetero) is 1. The van der Waals surface area contributed by atoms with E-state index in [-0.39, 0.29) is 5.78 Å². The van der Waals surface area contributed by atoms with Crippen molar-refractivity contribution in [3.8, 4) is 0 Å². The van der Waals surface area contributed by atoms with Gasteiger partial charge < -0.3 is 9.47 Å². The number of carbonyl (C=O) groups is 1. The molecule has 0 aromatic heterocycles. The summed E-state index contributed by atoms with van der Waals surface area (Å²) in [4.78, 5) is 13.0. The van der Waals surface area contributed by atoms with Gasteiger partial charge >= 0.3 is 0 Å². The van der Waals surface area contributed by atoms with Gasteiger partial charge in [0.1, 0.15) is 5.60 Å². The van der Waals surface area contributed by atoms with Gasteiger partial charge in [0.2, 0.25) is 0 Å². The molecule has 110 valence electrons. The number of rotatable bonds is 4. The monoisotopic (exact) mass is 276 g/mol. The van der Waals surface area contributed by atoms with Crippen molar-refractivity contribution in [3.05, 3.63) is 34.4 Å². The molecule has 20 heavy (non-hydrogen) atoms. The molecule has 1 aliphatic rings. The SMILES string of the molecule is CCOC1(C(=O)c2cc(C)c(C)cc2C)CCOCC1. The standard InChI is InChI=1S/C17H24O3/c1-5-20-17(6-8-19-9-7-17)16(18)15-11-13(3)12(2)10-14(15)4/h10-11H,5-9H2,1-4H3. The lowest BCUT2D eigenvalue weighted by Gasteiger charge is -2.36. The van der Waals surface area contributed by atoms with Gasteiger partial charge in [-0.1, -0.05) is 6.07 Å². The second-order valence-electron chi connectivity index (χ2n) is 5.62. The molecule has 3 heteroatoms. The van der Waals surface area contributed by atoms with Crippen molar-refractivity contribution in [3.63, 3.8) is 0 Å². The molecule has 0 saturated carbocycles. The Kier molecular flexibility index (Phi) is 4.61. The van der Waals surface area contributed by atoms with E-state index in [1.165, 1.54) is 5.56 Å². The maximum atomic E-state index is 13.0. The van der Waals surface area contributed by atoms with Crippen LogP contribution in [0.5, 0.6) is 0 Å². The molecule has 1 aromatic carbocycles. The fraction of sp³-hybridized carbons (Fsp3) is 0.588. The fourth-order valence-electron chi connectivity index (χ4n) is 2.86. The first-order valence-electron chi connectivity index (χ1n) is 7.34. The van der Waals surface area contributed by atoms with E-state index in [0.717, 1.165) is 16.7 Å². The van der Waals surface area contributed by atoms with Crippen molar-refractivity contribution in [2.24, 2.45) is 0 Å². The molecule has 0 aliphatic carbocycles. The van der Waals surface area contributed by atoms with Gasteiger partial charge in [0, 0.05) is 38.2 Å². The molecular formula is C17H24O3. The normalized spacial score (nSPS) is 18.0. The second kappa shape index (κ2) is 6.06. The molecule has 2 rings (SSSR count). The van der Waals surface area contributed by atoms with Crippen LogP contribution in [0.25, 0.3) is 0 Å². The Hall–Kier alpha value is -1.19. The van der Waals surface area contributed by atoms with Gasteiger partial charge in [0.25, 0.3) is 0 Å². The number of hydrogen-bond acceptors (Lipinski definition) is 3. The maximum absolute atomic E-state index is 13.0. The third-order valence-corrected chi connectivity index (χ3v) is 4.22. The van der Waals surface area contributed by atoms with Crippen LogP contribution in [0.1, 0.15) is 46.8 Å². The number of benzene rings is 1. The number of hydrogen-bond donors (Lipinski definition) is 0. The predicted molar refractivity (Wildman–Crippen MR) is 79.4 cm³/mol. The summed E-state index contributed by atoms with van der Waals surface area (Å²) < 4.78 is 11.3. The minimum atomic E-state index is -0.695. The second-order valence-corrected chi connectivity index (χ2v) is 5.62. The van der Waals surface area contributed by atoms with E-state index in [1.54, 1.807) is 0 Å². The Bertz CT molecular complexity index is 494. The van der Waals surface area contributed by atoms with Gasteiger partial charge in [-0.3, -0.25) is 4.79 Å². The Labute approximate surface area is 121 Å². The van der Waals surface area contributed by atoms with Crippen molar-refractivity contribution in [2.45, 2.75) is 46.1 Å². The van der Waals surface area contributed by atoms with Crippen molar-refractivity contribution in [2.75, 3.05) is 19.8 Å². The fourth-order valence-corrected chi connectivity index (χ4v) is 2.86. The molecule has 3 nitrogen and oxygen atoms in total. The molecule has 1 fully saturated rings. The molecule has 0 bridgehead atoms. The summed E-state index contributed by atoms with van der Waals surface area (Å²) in [7, 11) is 0. The molecule has 0 atom stereocenters. The lowest BCUT2D eigenvalue weighted by Crippen LogP contribution is -2.46. The van der Waals surface area contributed by atoms with Gasteiger partial charge in [-0.15, -0.1) is 0 Å². The van der Waals surface area contributed by atoms with Gasteiger partial charge in [0.15, 0.2) is 5.78 Å². The molecule has 0 unspecified atom stereocenters. The van der Waals surface area contributed by atoms with E-state index in [4.69, 9.17) is 9.47 Å². The largest absolute Gasteiger partial charge is 0.381 e. The van der Waals surface area contributed by atoms with Crippen molar-refractivity contribution in [1.82, 2.24) is 0 Å². The molecule has 0 amide bonds. The predicted octanol–water partition coefficient (Wildman–Crippen LogP) is 3.38. The summed E-state index contributed by atoms with van der Waals surface area (Å²) in [6.07, 6.45) is 1.29. The van der Waals surface area contributed by atoms with Crippen LogP contribution in [0.4, 0.5) is 0 Å². The van der Waals surface area contributed by atoms with Gasteiger partial charge in [0.05, 0.1) is 0 Å². The number of ketones is 1. The van der Waals surface area contributed by atoms with Crippen LogP contribution in [0, 0.1) is 20.8 Å². The van der Waals surface area contributed by atoms with Crippen LogP contribution >= 0.6 is 0 Å². The van der Waals surface area contributed by atoms with E-state index in [2.05, 4.69) is 13.0 Å². The lowest BCUT2D eigenvalue weighted by molar-refractivity contribution is -0.0822. The van der Waals surface area contributed by atoms with Crippen LogP contribution in [0.3, 0.4) is 0 Å². The highest BCUT2D eigenvalue weighted by Crippen LogP contribution is 2.31. The third kappa shape index (κ3) is 2.79. The lowest BCUT2D eigenvalue weighted by atomic mass is 9.83. The molecule has 1 heterocycles. The van der Waals surface area contributed by atoms with Crippen LogP contribution in [0.15, 0.2) is 12.1 Å². The summed E-state index contributed by atoms with van der Waals surface area (Å²) in [6.45, 7) is 9.80. The van der Waals surface area contributed by atoms with Gasteiger partial charge in [-0.2, -0.15) is 0 Å². The zero-order valence-electron chi connectivity index (χ0n) is 12.9. The molecule has 1 aliphatic heterocycles. The van der Waals surface area contributed by atoms with Crippen molar-refractivity contribution in [1.29, 1.82) is 0 Å². The first kappa shape index (κ1) is 15.2. The van der Waals surface area contributed by atoms with E-state index < -0.39 is 5.60 Å². The zero-order valence-corrected chi connectivity index (χ0v) is 12.9. The summed E-state index contributed by atoms with van der Waals surface area (Å²) in [5, 5.41) is 0. The Morgan fingerprint density at radius 3 is 2.35 bits per heavy atom. The Morgan fingerprint density at radius 2 is 1.75 bits per heavy atom. The molecule has 0 radical (unpaired) electrons. The first-order chi connectivity index (χ1) is 9.50. The van der Waals surface area contributed by atoms with Crippen molar-refractivity contribution < 1.29 is 14.3 Å². The highest BCUT2D eigenvalue weighted by atomic mass is 16.5. The summed E-state index contributed by atoms with van der Waals surface area (Å²) in [5.74, 6) is 0.114. The highest BCUT2D eigenvalue weighted by molar-refractivity contribution is 6.04. The molecular weight excluding hydrogens is 252 g/mol. The number of ether oxygens (including phenoxy) is 2. The molecule has 1 aromatic rings. The third-order valence-electron chi connectivity index (χ3n) is 4.22. The Morgan fingerprint density at radius 1 is 1.15 bits per heavy atom. The topological polar surface area (TPSA) is 35.5 Å². The zero-order chi connectivity index (χ0) is 14.8. The average molecular weight is 276 g/mol. The summed E-state index contributed by atoms with van der Waals surface area (Å²) >= 11 is 0. The summed E-state index contributed by atoms with van der Waals surface area (Å²) in [6, 6.07) is 4.09. The summed E-state index contributed by atoms with van der Waals surface area (Å²) in [5.41, 5.74) is 3.50. The number of carbonyl (C=O) groups excluding carboxylic acids is 1. The highest BCUT2D eigenvalue weighted by Gasteiger charge is 2.41. The average Bonchev–Trinajstić information content (AvgIpc) is 2.43. The Balaban J connectivity index is 2.39. The van der Waals surface area contributed by atoms with E-state index in [0.29, 0.717) is 32.7 Å². The van der Waals surface area contributed by atoms with Crippen molar-refractivity contribution >= 4 is 5.78 Å².